The molecular formula is C13H15N3O3. The van der Waals surface area contributed by atoms with Crippen LogP contribution >= 0.6 is 0 Å². The van der Waals surface area contributed by atoms with Crippen molar-refractivity contribution >= 4 is 22.8 Å². The topological polar surface area (TPSA) is 86.3 Å². The van der Waals surface area contributed by atoms with Crippen LogP contribution in [0.3, 0.4) is 0 Å². The first-order valence-electron chi connectivity index (χ1n) is 5.91. The van der Waals surface area contributed by atoms with E-state index >= 15 is 0 Å². The standard InChI is InChI=1S/C13H15N3O3/c1-8(13(18)19)16(2)12(17)7-11-9-5-3-4-6-10(9)14-15-11/h3-6,8H,7H2,1-2H3,(H,14,15)(H,18,19). The minimum atomic E-state index is -1.02. The highest BCUT2D eigenvalue weighted by atomic mass is 16.4. The molecule has 19 heavy (non-hydrogen) atoms. The van der Waals surface area contributed by atoms with Gasteiger partial charge in [-0.25, -0.2) is 4.79 Å². The number of hydrogen-bond acceptors (Lipinski definition) is 3. The average molecular weight is 261 g/mol. The number of hydrogen-bond donors (Lipinski definition) is 2. The minimum Gasteiger partial charge on any atom is -0.480 e. The van der Waals surface area contributed by atoms with Crippen LogP contribution in [-0.2, 0) is 16.0 Å². The third-order valence-electron chi connectivity index (χ3n) is 3.20. The maximum Gasteiger partial charge on any atom is 0.326 e. The van der Waals surface area contributed by atoms with E-state index in [1.165, 1.54) is 18.9 Å². The molecule has 0 aliphatic heterocycles. The summed E-state index contributed by atoms with van der Waals surface area (Å²) in [5, 5.41) is 16.7. The molecule has 0 saturated carbocycles. The third kappa shape index (κ3) is 2.57. The fourth-order valence-electron chi connectivity index (χ4n) is 1.81. The summed E-state index contributed by atoms with van der Waals surface area (Å²) >= 11 is 0. The van der Waals surface area contributed by atoms with Gasteiger partial charge in [-0.15, -0.1) is 0 Å². The highest BCUT2D eigenvalue weighted by Gasteiger charge is 2.22. The second-order valence-corrected chi connectivity index (χ2v) is 4.41. The number of rotatable bonds is 4. The summed E-state index contributed by atoms with van der Waals surface area (Å²) in [5.41, 5.74) is 1.49. The van der Waals surface area contributed by atoms with Crippen LogP contribution in [0.2, 0.25) is 0 Å². The minimum absolute atomic E-state index is 0.106. The number of amides is 1. The quantitative estimate of drug-likeness (QED) is 0.860. The number of carboxylic acids is 1. The van der Waals surface area contributed by atoms with Gasteiger partial charge in [0.05, 0.1) is 17.6 Å². The Morgan fingerprint density at radius 2 is 2.11 bits per heavy atom. The first-order valence-corrected chi connectivity index (χ1v) is 5.91. The summed E-state index contributed by atoms with van der Waals surface area (Å²) in [4.78, 5) is 24.1. The van der Waals surface area contributed by atoms with Gasteiger partial charge in [-0.2, -0.15) is 5.10 Å². The summed E-state index contributed by atoms with van der Waals surface area (Å²) < 4.78 is 0. The zero-order chi connectivity index (χ0) is 14.0. The van der Waals surface area contributed by atoms with Gasteiger partial charge in [-0.1, -0.05) is 18.2 Å². The van der Waals surface area contributed by atoms with E-state index in [1.807, 2.05) is 24.3 Å². The molecule has 0 bridgehead atoms. The van der Waals surface area contributed by atoms with Crippen LogP contribution in [0.5, 0.6) is 0 Å². The number of carbonyl (C=O) groups excluding carboxylic acids is 1. The van der Waals surface area contributed by atoms with Crippen molar-refractivity contribution < 1.29 is 14.7 Å². The smallest absolute Gasteiger partial charge is 0.326 e. The Balaban J connectivity index is 2.17. The van der Waals surface area contributed by atoms with E-state index in [-0.39, 0.29) is 12.3 Å². The zero-order valence-electron chi connectivity index (χ0n) is 10.8. The van der Waals surface area contributed by atoms with E-state index in [1.54, 1.807) is 0 Å². The Hall–Kier alpha value is -2.37. The monoisotopic (exact) mass is 261 g/mol. The molecule has 0 spiro atoms. The summed E-state index contributed by atoms with van der Waals surface area (Å²) in [7, 11) is 1.49. The molecule has 6 nitrogen and oxygen atoms in total. The Labute approximate surface area is 110 Å². The number of carbonyl (C=O) groups is 2. The molecule has 0 aliphatic rings. The number of likely N-dealkylation sites (N-methyl/N-ethyl adjacent to an activating group) is 1. The third-order valence-corrected chi connectivity index (χ3v) is 3.20. The van der Waals surface area contributed by atoms with Crippen molar-refractivity contribution in [3.05, 3.63) is 30.0 Å². The number of fused-ring (bicyclic) bond motifs is 1. The van der Waals surface area contributed by atoms with E-state index < -0.39 is 12.0 Å². The highest BCUT2D eigenvalue weighted by Crippen LogP contribution is 2.16. The lowest BCUT2D eigenvalue weighted by Gasteiger charge is -2.21. The van der Waals surface area contributed by atoms with E-state index in [9.17, 15) is 9.59 Å². The number of H-pyrrole nitrogens is 1. The van der Waals surface area contributed by atoms with Crippen LogP contribution < -0.4 is 0 Å². The summed E-state index contributed by atoms with van der Waals surface area (Å²) in [6, 6.07) is 6.62. The van der Waals surface area contributed by atoms with E-state index in [0.29, 0.717) is 5.69 Å². The molecule has 1 heterocycles. The normalized spacial score (nSPS) is 12.3. The van der Waals surface area contributed by atoms with E-state index in [2.05, 4.69) is 10.2 Å². The summed E-state index contributed by atoms with van der Waals surface area (Å²) in [5.74, 6) is -1.28. The molecule has 100 valence electrons. The van der Waals surface area contributed by atoms with E-state index in [4.69, 9.17) is 5.11 Å². The van der Waals surface area contributed by atoms with Gasteiger partial charge in [0.15, 0.2) is 0 Å². The van der Waals surface area contributed by atoms with Crippen LogP contribution in [0.1, 0.15) is 12.6 Å². The number of carboxylic acid groups (broad SMARTS) is 1. The first-order chi connectivity index (χ1) is 9.00. The lowest BCUT2D eigenvalue weighted by Crippen LogP contribution is -2.41. The van der Waals surface area contributed by atoms with Crippen LogP contribution in [0.15, 0.2) is 24.3 Å². The molecule has 1 aromatic heterocycles. The fraction of sp³-hybridized carbons (Fsp3) is 0.308. The van der Waals surface area contributed by atoms with Crippen molar-refractivity contribution in [2.45, 2.75) is 19.4 Å². The van der Waals surface area contributed by atoms with Gasteiger partial charge < -0.3 is 10.0 Å². The molecule has 6 heteroatoms. The molecule has 1 unspecified atom stereocenters. The van der Waals surface area contributed by atoms with Gasteiger partial charge in [-0.3, -0.25) is 9.89 Å². The van der Waals surface area contributed by atoms with Gasteiger partial charge in [0, 0.05) is 12.4 Å². The second-order valence-electron chi connectivity index (χ2n) is 4.41. The average Bonchev–Trinajstić information content (AvgIpc) is 2.80. The number of nitrogens with one attached hydrogen (secondary N) is 1. The molecular weight excluding hydrogens is 246 g/mol. The molecule has 1 amide bonds. The molecule has 0 aliphatic carbocycles. The molecule has 2 N–H and O–H groups in total. The number of para-hydroxylation sites is 1. The number of aliphatic carboxylic acids is 1. The van der Waals surface area contributed by atoms with Crippen molar-refractivity contribution in [1.29, 1.82) is 0 Å². The maximum atomic E-state index is 12.0. The zero-order valence-corrected chi connectivity index (χ0v) is 10.8. The van der Waals surface area contributed by atoms with Crippen molar-refractivity contribution in [1.82, 2.24) is 15.1 Å². The van der Waals surface area contributed by atoms with Crippen LogP contribution in [0.25, 0.3) is 10.9 Å². The van der Waals surface area contributed by atoms with Gasteiger partial charge >= 0.3 is 5.97 Å². The van der Waals surface area contributed by atoms with Crippen LogP contribution in [0.4, 0.5) is 0 Å². The lowest BCUT2D eigenvalue weighted by atomic mass is 10.1. The molecule has 0 radical (unpaired) electrons. The Morgan fingerprint density at radius 3 is 2.79 bits per heavy atom. The maximum absolute atomic E-state index is 12.0. The van der Waals surface area contributed by atoms with Crippen molar-refractivity contribution in [3.8, 4) is 0 Å². The number of nitrogens with zero attached hydrogens (tertiary/aromatic N) is 2. The summed E-state index contributed by atoms with van der Waals surface area (Å²) in [6.45, 7) is 1.48. The van der Waals surface area contributed by atoms with Crippen molar-refractivity contribution in [2.75, 3.05) is 7.05 Å². The Kier molecular flexibility index (Phi) is 3.50. The number of benzene rings is 1. The molecule has 0 saturated heterocycles. The Morgan fingerprint density at radius 1 is 1.42 bits per heavy atom. The number of aromatic nitrogens is 2. The van der Waals surface area contributed by atoms with Crippen LogP contribution in [-0.4, -0.2) is 45.2 Å². The van der Waals surface area contributed by atoms with Gasteiger partial charge in [0.1, 0.15) is 6.04 Å². The first kappa shape index (κ1) is 13.1. The Bertz CT molecular complexity index is 620. The second kappa shape index (κ2) is 5.09. The van der Waals surface area contributed by atoms with Gasteiger partial charge in [-0.05, 0) is 13.0 Å². The molecule has 2 aromatic rings. The van der Waals surface area contributed by atoms with Crippen molar-refractivity contribution in [3.63, 3.8) is 0 Å². The molecule has 1 aromatic carbocycles. The largest absolute Gasteiger partial charge is 0.480 e. The van der Waals surface area contributed by atoms with Crippen LogP contribution in [0, 0.1) is 0 Å². The fourth-order valence-corrected chi connectivity index (χ4v) is 1.81. The van der Waals surface area contributed by atoms with Crippen molar-refractivity contribution in [2.24, 2.45) is 0 Å². The molecule has 1 atom stereocenters. The molecule has 2 rings (SSSR count). The SMILES string of the molecule is CC(C(=O)O)N(C)C(=O)Cc1[nH]nc2ccccc12. The highest BCUT2D eigenvalue weighted by molar-refractivity contribution is 5.89. The predicted molar refractivity (Wildman–Crippen MR) is 69.7 cm³/mol. The van der Waals surface area contributed by atoms with Gasteiger partial charge in [0.25, 0.3) is 0 Å². The molecule has 0 fully saturated rings. The summed E-state index contributed by atoms with van der Waals surface area (Å²) in [6.07, 6.45) is 0.106. The lowest BCUT2D eigenvalue weighted by molar-refractivity contribution is -0.148. The predicted octanol–water partition coefficient (Wildman–Crippen LogP) is 1.04. The van der Waals surface area contributed by atoms with E-state index in [0.717, 1.165) is 10.9 Å². The number of aromatic amines is 1. The van der Waals surface area contributed by atoms with Gasteiger partial charge in [0.2, 0.25) is 5.91 Å².